The van der Waals surface area contributed by atoms with E-state index in [4.69, 9.17) is 9.79 Å². The van der Waals surface area contributed by atoms with Crippen molar-refractivity contribution in [2.75, 3.05) is 6.16 Å². The van der Waals surface area contributed by atoms with Gasteiger partial charge in [-0.2, -0.15) is 4.57 Å². The van der Waals surface area contributed by atoms with Gasteiger partial charge in [-0.25, -0.2) is 4.57 Å². The van der Waals surface area contributed by atoms with Crippen LogP contribution in [-0.2, 0) is 11.1 Å². The van der Waals surface area contributed by atoms with Gasteiger partial charge in [-0.1, -0.05) is 6.07 Å². The van der Waals surface area contributed by atoms with Crippen LogP contribution in [0.5, 0.6) is 0 Å². The fourth-order valence-corrected chi connectivity index (χ4v) is 3.43. The van der Waals surface area contributed by atoms with Crippen LogP contribution in [0.1, 0.15) is 11.1 Å². The van der Waals surface area contributed by atoms with E-state index in [-0.39, 0.29) is 6.16 Å². The highest BCUT2D eigenvalue weighted by atomic mass is 31.2. The van der Waals surface area contributed by atoms with E-state index in [1.807, 2.05) is 36.9 Å². The monoisotopic (exact) mass is 370 g/mol. The van der Waals surface area contributed by atoms with Gasteiger partial charge in [-0.05, 0) is 36.1 Å². The lowest BCUT2D eigenvalue weighted by molar-refractivity contribution is -0.692. The summed E-state index contributed by atoms with van der Waals surface area (Å²) < 4.78 is 14.8. The Labute approximate surface area is 153 Å². The highest BCUT2D eigenvalue weighted by Crippen LogP contribution is 2.33. The van der Waals surface area contributed by atoms with Crippen LogP contribution in [0.25, 0.3) is 16.8 Å². The molecule has 3 aromatic rings. The number of hydrogen-bond acceptors (Lipinski definition) is 1. The minimum atomic E-state index is -3.97. The summed E-state index contributed by atoms with van der Waals surface area (Å²) in [6.07, 6.45) is 7.61. The van der Waals surface area contributed by atoms with Crippen molar-refractivity contribution in [2.45, 2.75) is 20.4 Å². The van der Waals surface area contributed by atoms with E-state index in [1.54, 1.807) is 4.57 Å². The van der Waals surface area contributed by atoms with Gasteiger partial charge in [0.2, 0.25) is 5.69 Å². The van der Waals surface area contributed by atoms with Gasteiger partial charge in [0.05, 0.1) is 0 Å². The van der Waals surface area contributed by atoms with Crippen LogP contribution in [0, 0.1) is 13.8 Å². The zero-order valence-electron chi connectivity index (χ0n) is 14.9. The molecule has 0 atom stereocenters. The smallest absolute Gasteiger partial charge is 0.324 e. The summed E-state index contributed by atoms with van der Waals surface area (Å²) in [5, 5.41) is 0. The normalized spacial score (nSPS) is 11.5. The molecule has 3 rings (SSSR count). The summed E-state index contributed by atoms with van der Waals surface area (Å²) in [5.41, 5.74) is 5.76. The highest BCUT2D eigenvalue weighted by molar-refractivity contribution is 7.51. The summed E-state index contributed by atoms with van der Waals surface area (Å²) >= 11 is 0. The Morgan fingerprint density at radius 2 is 1.35 bits per heavy atom. The molecule has 0 aliphatic heterocycles. The van der Waals surface area contributed by atoms with Crippen LogP contribution in [0.2, 0.25) is 0 Å². The second kappa shape index (κ2) is 7.50. The Morgan fingerprint density at radius 3 is 1.85 bits per heavy atom. The molecule has 0 aliphatic rings. The van der Waals surface area contributed by atoms with Crippen molar-refractivity contribution in [3.05, 3.63) is 78.4 Å². The van der Waals surface area contributed by atoms with Crippen LogP contribution < -0.4 is 9.13 Å². The molecule has 26 heavy (non-hydrogen) atoms. The van der Waals surface area contributed by atoms with E-state index in [0.29, 0.717) is 6.54 Å². The van der Waals surface area contributed by atoms with E-state index in [0.717, 1.165) is 16.8 Å². The lowest BCUT2D eigenvalue weighted by atomic mass is 10.1. The maximum absolute atomic E-state index is 11.0. The van der Waals surface area contributed by atoms with E-state index >= 15 is 0 Å². The number of aromatic nitrogens is 2. The Hall–Kier alpha value is -2.33. The Balaban J connectivity index is 1.77. The average molecular weight is 370 g/mol. The second-order valence-electron chi connectivity index (χ2n) is 6.55. The third-order valence-electron chi connectivity index (χ3n) is 4.21. The second-order valence-corrected chi connectivity index (χ2v) is 8.33. The molecule has 1 aromatic carbocycles. The first kappa shape index (κ1) is 18.5. The maximum Gasteiger partial charge on any atom is 0.331 e. The number of rotatable bonds is 5. The van der Waals surface area contributed by atoms with E-state index in [1.165, 1.54) is 11.1 Å². The molecule has 2 N–H and O–H groups in total. The molecule has 134 valence electrons. The first-order valence-electron chi connectivity index (χ1n) is 8.44. The first-order chi connectivity index (χ1) is 12.3. The third kappa shape index (κ3) is 4.85. The molecule has 0 amide bonds. The lowest BCUT2D eigenvalue weighted by Crippen LogP contribution is -2.34. The van der Waals surface area contributed by atoms with Crippen LogP contribution in [0.15, 0.2) is 67.3 Å². The fourth-order valence-electron chi connectivity index (χ4n) is 2.94. The van der Waals surface area contributed by atoms with Gasteiger partial charge in [0.1, 0.15) is 6.16 Å². The molecule has 0 fully saturated rings. The summed E-state index contributed by atoms with van der Waals surface area (Å²) in [4.78, 5) is 17.9. The largest absolute Gasteiger partial charge is 0.331 e. The standard InChI is InChI=1S/C20H21N2O3P/c1-16-13-17(2)15-20(14-16)22-9-5-19(6-10-22)18-3-7-21(8-4-18)11-12-26(23,24)25/h3-10,13-15H,11-12H2,1-2H3/p+2. The van der Waals surface area contributed by atoms with E-state index in [9.17, 15) is 4.57 Å². The van der Waals surface area contributed by atoms with Gasteiger partial charge >= 0.3 is 7.60 Å². The van der Waals surface area contributed by atoms with Gasteiger partial charge in [-0.3, -0.25) is 4.57 Å². The maximum atomic E-state index is 11.0. The van der Waals surface area contributed by atoms with Crippen LogP contribution in [0.4, 0.5) is 0 Å². The van der Waals surface area contributed by atoms with Crippen LogP contribution in [-0.4, -0.2) is 15.9 Å². The molecular formula is C20H23N2O3P+2. The molecule has 0 saturated heterocycles. The molecule has 2 aromatic heterocycles. The predicted octanol–water partition coefficient (Wildman–Crippen LogP) is 2.71. The summed E-state index contributed by atoms with van der Waals surface area (Å²) in [6.45, 7) is 4.49. The average Bonchev–Trinajstić information content (AvgIpc) is 2.59. The minimum absolute atomic E-state index is 0.155. The van der Waals surface area contributed by atoms with Gasteiger partial charge in [-0.15, -0.1) is 0 Å². The predicted molar refractivity (Wildman–Crippen MR) is 100.0 cm³/mol. The van der Waals surface area contributed by atoms with Crippen LogP contribution >= 0.6 is 7.60 Å². The molecule has 0 unspecified atom stereocenters. The third-order valence-corrected chi connectivity index (χ3v) is 4.99. The summed E-state index contributed by atoms with van der Waals surface area (Å²) in [6, 6.07) is 14.5. The van der Waals surface area contributed by atoms with Gasteiger partial charge in [0.15, 0.2) is 31.3 Å². The quantitative estimate of drug-likeness (QED) is 0.536. The Bertz CT molecular complexity index is 928. The number of pyridine rings is 2. The zero-order chi connectivity index (χ0) is 18.7. The molecule has 0 aliphatic carbocycles. The fraction of sp³-hybridized carbons (Fsp3) is 0.200. The summed E-state index contributed by atoms with van der Waals surface area (Å²) in [5.74, 6) is 0. The van der Waals surface area contributed by atoms with Crippen molar-refractivity contribution in [1.29, 1.82) is 0 Å². The van der Waals surface area contributed by atoms with Crippen molar-refractivity contribution in [3.63, 3.8) is 0 Å². The molecule has 0 bridgehead atoms. The molecule has 0 radical (unpaired) electrons. The van der Waals surface area contributed by atoms with Gasteiger partial charge in [0, 0.05) is 36.4 Å². The number of hydrogen-bond donors (Lipinski definition) is 2. The molecular weight excluding hydrogens is 347 g/mol. The first-order valence-corrected chi connectivity index (χ1v) is 10.2. The molecule has 5 nitrogen and oxygen atoms in total. The van der Waals surface area contributed by atoms with Crippen molar-refractivity contribution >= 4 is 7.60 Å². The summed E-state index contributed by atoms with van der Waals surface area (Å²) in [7, 11) is -3.97. The number of benzene rings is 1. The molecule has 0 saturated carbocycles. The minimum Gasteiger partial charge on any atom is -0.324 e. The molecule has 6 heteroatoms. The van der Waals surface area contributed by atoms with Crippen LogP contribution in [0.3, 0.4) is 0 Å². The van der Waals surface area contributed by atoms with E-state index < -0.39 is 7.60 Å². The molecule has 2 heterocycles. The SMILES string of the molecule is Cc1cc(C)cc(-[n+]2ccc(-c3cc[n+](CCP(=O)(O)O)cc3)cc2)c1. The number of aryl methyl sites for hydroxylation is 3. The van der Waals surface area contributed by atoms with E-state index in [2.05, 4.69) is 48.7 Å². The lowest BCUT2D eigenvalue weighted by Gasteiger charge is -2.03. The van der Waals surface area contributed by atoms with Gasteiger partial charge < -0.3 is 9.79 Å². The Kier molecular flexibility index (Phi) is 5.33. The van der Waals surface area contributed by atoms with Crippen molar-refractivity contribution in [3.8, 4) is 16.8 Å². The topological polar surface area (TPSA) is 65.3 Å². The molecule has 0 spiro atoms. The zero-order valence-corrected chi connectivity index (χ0v) is 15.8. The van der Waals surface area contributed by atoms with Gasteiger partial charge in [0.25, 0.3) is 0 Å². The van der Waals surface area contributed by atoms with Crippen molar-refractivity contribution in [1.82, 2.24) is 0 Å². The highest BCUT2D eigenvalue weighted by Gasteiger charge is 2.16. The number of nitrogens with zero attached hydrogens (tertiary/aromatic N) is 2. The Morgan fingerprint density at radius 1 is 0.846 bits per heavy atom. The van der Waals surface area contributed by atoms with Crippen molar-refractivity contribution < 1.29 is 23.5 Å². The van der Waals surface area contributed by atoms with Crippen molar-refractivity contribution in [2.24, 2.45) is 0 Å².